The molecule has 0 radical (unpaired) electrons. The Morgan fingerprint density at radius 3 is 2.62 bits per heavy atom. The summed E-state index contributed by atoms with van der Waals surface area (Å²) in [7, 11) is 0. The zero-order valence-electron chi connectivity index (χ0n) is 14.6. The fourth-order valence-corrected chi connectivity index (χ4v) is 3.44. The summed E-state index contributed by atoms with van der Waals surface area (Å²) in [6.45, 7) is 1.86. The van der Waals surface area contributed by atoms with Gasteiger partial charge in [-0.3, -0.25) is 0 Å². The number of halogens is 1. The van der Waals surface area contributed by atoms with Crippen molar-refractivity contribution in [3.8, 4) is 0 Å². The van der Waals surface area contributed by atoms with Gasteiger partial charge in [-0.25, -0.2) is 4.68 Å². The minimum atomic E-state index is -0.477. The van der Waals surface area contributed by atoms with E-state index in [1.807, 2.05) is 25.1 Å². The van der Waals surface area contributed by atoms with Gasteiger partial charge in [0.05, 0.1) is 5.54 Å². The van der Waals surface area contributed by atoms with Crippen molar-refractivity contribution in [3.63, 3.8) is 0 Å². The summed E-state index contributed by atoms with van der Waals surface area (Å²) in [6.07, 6.45) is 4.63. The summed E-state index contributed by atoms with van der Waals surface area (Å²) >= 11 is 0. The molecule has 0 spiro atoms. The second kappa shape index (κ2) is 7.51. The second-order valence-electron chi connectivity index (χ2n) is 6.70. The van der Waals surface area contributed by atoms with Crippen molar-refractivity contribution < 1.29 is 4.52 Å². The number of tetrazole rings is 1. The molecule has 9 heteroatoms. The van der Waals surface area contributed by atoms with E-state index in [2.05, 4.69) is 37.8 Å². The summed E-state index contributed by atoms with van der Waals surface area (Å²) in [5, 5.41) is 16.0. The second-order valence-corrected chi connectivity index (χ2v) is 6.70. The van der Waals surface area contributed by atoms with Gasteiger partial charge in [0.1, 0.15) is 11.9 Å². The Kier molecular flexibility index (Phi) is 5.33. The first kappa shape index (κ1) is 18.5. The van der Waals surface area contributed by atoms with Gasteiger partial charge in [0, 0.05) is 6.42 Å². The van der Waals surface area contributed by atoms with Gasteiger partial charge < -0.3 is 10.3 Å². The van der Waals surface area contributed by atoms with Crippen molar-refractivity contribution in [2.75, 3.05) is 0 Å². The molecule has 0 bridgehead atoms. The van der Waals surface area contributed by atoms with Crippen LogP contribution in [-0.4, -0.2) is 30.3 Å². The molecule has 4 rings (SSSR count). The van der Waals surface area contributed by atoms with Crippen LogP contribution in [0.2, 0.25) is 0 Å². The molecule has 1 saturated carbocycles. The van der Waals surface area contributed by atoms with Crippen LogP contribution in [0.5, 0.6) is 0 Å². The van der Waals surface area contributed by atoms with Crippen molar-refractivity contribution in [2.45, 2.75) is 50.6 Å². The van der Waals surface area contributed by atoms with Crippen LogP contribution >= 0.6 is 12.4 Å². The lowest BCUT2D eigenvalue weighted by molar-refractivity contribution is 0.309. The molecule has 3 aromatic rings. The van der Waals surface area contributed by atoms with Crippen LogP contribution in [0.1, 0.15) is 54.8 Å². The maximum atomic E-state index is 6.46. The Balaban J connectivity index is 0.00000196. The van der Waals surface area contributed by atoms with Crippen LogP contribution in [0.4, 0.5) is 0 Å². The highest BCUT2D eigenvalue weighted by molar-refractivity contribution is 5.85. The zero-order valence-corrected chi connectivity index (χ0v) is 15.4. The van der Waals surface area contributed by atoms with Crippen molar-refractivity contribution in [3.05, 3.63) is 53.4 Å². The maximum absolute atomic E-state index is 6.46. The topological polar surface area (TPSA) is 109 Å². The molecule has 2 heterocycles. The summed E-state index contributed by atoms with van der Waals surface area (Å²) in [6, 6.07) is 9.86. The third-order valence-electron chi connectivity index (χ3n) is 4.89. The number of nitrogens with zero attached hydrogens (tertiary/aromatic N) is 6. The van der Waals surface area contributed by atoms with Crippen molar-refractivity contribution >= 4 is 12.4 Å². The standard InChI is InChI=1S/C17H21N7O.ClH/c1-12-20-22-23-24(12)14(11-13-7-3-2-4-8-13)15-19-16(21-25-15)17(18)9-5-6-10-17;/h2-4,7-8,14H,5-6,9-11,18H2,1H3;1H. The summed E-state index contributed by atoms with van der Waals surface area (Å²) in [5.41, 5.74) is 7.13. The molecule has 1 aliphatic carbocycles. The third kappa shape index (κ3) is 3.47. The molecule has 2 aromatic heterocycles. The number of hydrogen-bond acceptors (Lipinski definition) is 7. The molecule has 1 aliphatic rings. The summed E-state index contributed by atoms with van der Waals surface area (Å²) in [4.78, 5) is 4.64. The third-order valence-corrected chi connectivity index (χ3v) is 4.89. The van der Waals surface area contributed by atoms with E-state index in [9.17, 15) is 0 Å². The summed E-state index contributed by atoms with van der Waals surface area (Å²) in [5.74, 6) is 1.78. The molecule has 8 nitrogen and oxygen atoms in total. The van der Waals surface area contributed by atoms with Crippen LogP contribution in [-0.2, 0) is 12.0 Å². The smallest absolute Gasteiger partial charge is 0.252 e. The van der Waals surface area contributed by atoms with Crippen molar-refractivity contribution in [2.24, 2.45) is 5.73 Å². The van der Waals surface area contributed by atoms with Crippen LogP contribution in [0.3, 0.4) is 0 Å². The quantitative estimate of drug-likeness (QED) is 0.728. The predicted octanol–water partition coefficient (Wildman–Crippen LogP) is 2.35. The van der Waals surface area contributed by atoms with E-state index in [1.165, 1.54) is 0 Å². The van der Waals surface area contributed by atoms with Gasteiger partial charge in [-0.05, 0) is 35.8 Å². The molecule has 1 aromatic carbocycles. The Morgan fingerprint density at radius 1 is 1.23 bits per heavy atom. The molecular formula is C17H22ClN7O. The highest BCUT2D eigenvalue weighted by Gasteiger charge is 2.37. The van der Waals surface area contributed by atoms with E-state index in [1.54, 1.807) is 4.68 Å². The molecule has 0 saturated heterocycles. The van der Waals surface area contributed by atoms with Gasteiger partial charge >= 0.3 is 0 Å². The largest absolute Gasteiger partial charge is 0.337 e. The van der Waals surface area contributed by atoms with E-state index in [4.69, 9.17) is 10.3 Å². The minimum absolute atomic E-state index is 0. The fraction of sp³-hybridized carbons (Fsp3) is 0.471. The van der Waals surface area contributed by atoms with Crippen LogP contribution in [0.25, 0.3) is 0 Å². The molecule has 26 heavy (non-hydrogen) atoms. The Morgan fingerprint density at radius 2 is 1.96 bits per heavy atom. The molecule has 1 atom stereocenters. The lowest BCUT2D eigenvalue weighted by atomic mass is 9.98. The van der Waals surface area contributed by atoms with Crippen molar-refractivity contribution in [1.82, 2.24) is 30.3 Å². The minimum Gasteiger partial charge on any atom is -0.337 e. The summed E-state index contributed by atoms with van der Waals surface area (Å²) < 4.78 is 7.32. The lowest BCUT2D eigenvalue weighted by Gasteiger charge is -2.18. The van der Waals surface area contributed by atoms with E-state index < -0.39 is 5.54 Å². The first-order valence-corrected chi connectivity index (χ1v) is 8.57. The fourth-order valence-electron chi connectivity index (χ4n) is 3.44. The van der Waals surface area contributed by atoms with Crippen LogP contribution in [0, 0.1) is 6.92 Å². The average molecular weight is 376 g/mol. The van der Waals surface area contributed by atoms with E-state index in [0.29, 0.717) is 24.0 Å². The van der Waals surface area contributed by atoms with E-state index in [-0.39, 0.29) is 18.4 Å². The lowest BCUT2D eigenvalue weighted by Crippen LogP contribution is -2.34. The number of nitrogens with two attached hydrogens (primary N) is 1. The van der Waals surface area contributed by atoms with Gasteiger partial charge in [0.25, 0.3) is 5.89 Å². The molecule has 2 N–H and O–H groups in total. The maximum Gasteiger partial charge on any atom is 0.252 e. The van der Waals surface area contributed by atoms with E-state index >= 15 is 0 Å². The highest BCUT2D eigenvalue weighted by Crippen LogP contribution is 2.35. The van der Waals surface area contributed by atoms with E-state index in [0.717, 1.165) is 31.2 Å². The van der Waals surface area contributed by atoms with Gasteiger partial charge in [-0.15, -0.1) is 17.5 Å². The van der Waals surface area contributed by atoms with Gasteiger partial charge in [-0.2, -0.15) is 4.98 Å². The van der Waals surface area contributed by atoms with Gasteiger partial charge in [0.15, 0.2) is 5.82 Å². The number of rotatable bonds is 5. The zero-order chi connectivity index (χ0) is 17.3. The molecule has 138 valence electrons. The normalized spacial score (nSPS) is 17.0. The van der Waals surface area contributed by atoms with Crippen molar-refractivity contribution in [1.29, 1.82) is 0 Å². The highest BCUT2D eigenvalue weighted by atomic mass is 35.5. The molecule has 0 amide bonds. The molecule has 1 fully saturated rings. The Labute approximate surface area is 157 Å². The van der Waals surface area contributed by atoms with Gasteiger partial charge in [-0.1, -0.05) is 48.3 Å². The molecule has 1 unspecified atom stereocenters. The number of aromatic nitrogens is 6. The van der Waals surface area contributed by atoms with Crippen LogP contribution < -0.4 is 5.73 Å². The average Bonchev–Trinajstić information content (AvgIpc) is 3.35. The van der Waals surface area contributed by atoms with Gasteiger partial charge in [0.2, 0.25) is 0 Å². The number of hydrogen-bond donors (Lipinski definition) is 1. The monoisotopic (exact) mass is 375 g/mol. The first-order valence-electron chi connectivity index (χ1n) is 8.57. The molecular weight excluding hydrogens is 354 g/mol. The number of benzene rings is 1. The predicted molar refractivity (Wildman–Crippen MR) is 96.7 cm³/mol. The number of aryl methyl sites for hydroxylation is 1. The Bertz CT molecular complexity index is 842. The molecule has 0 aliphatic heterocycles. The van der Waals surface area contributed by atoms with Crippen LogP contribution in [0.15, 0.2) is 34.9 Å². The first-order chi connectivity index (χ1) is 12.2. The Hall–Kier alpha value is -2.32. The SMILES string of the molecule is Cc1nnnn1C(Cc1ccccc1)c1nc(C2(N)CCCC2)no1.Cl.